The first kappa shape index (κ1) is 87.7. The summed E-state index contributed by atoms with van der Waals surface area (Å²) in [5, 5.41) is 0. The summed E-state index contributed by atoms with van der Waals surface area (Å²) < 4.78 is 0. The molecular formula is HClMgMnO2. The maximum atomic E-state index is 0. The van der Waals surface area contributed by atoms with Crippen molar-refractivity contribution in [2.75, 3.05) is 0 Å². The summed E-state index contributed by atoms with van der Waals surface area (Å²) in [5.74, 6) is 0. The first-order valence-electron chi connectivity index (χ1n) is 0. The Bertz CT molecular complexity index is 9.61. The van der Waals surface area contributed by atoms with E-state index in [1.165, 1.54) is 0 Å². The van der Waals surface area contributed by atoms with Crippen LogP contribution in [0.15, 0.2) is 0 Å². The van der Waals surface area contributed by atoms with Crippen molar-refractivity contribution >= 4 is 35.5 Å². The van der Waals surface area contributed by atoms with Crippen LogP contribution in [0.3, 0.4) is 0 Å². The molecule has 0 saturated heterocycles. The molecule has 0 rings (SSSR count). The minimum atomic E-state index is 0. The van der Waals surface area contributed by atoms with Crippen molar-refractivity contribution in [3.8, 4) is 0 Å². The molecule has 0 aromatic rings. The molecule has 0 aromatic heterocycles. The summed E-state index contributed by atoms with van der Waals surface area (Å²) in [6.45, 7) is 0. The molecule has 0 aromatic carbocycles. The Morgan fingerprint density at radius 3 is 0.800 bits per heavy atom. The maximum Gasteiger partial charge on any atom is 2.00 e. The Hall–Kier alpha value is 1.50. The summed E-state index contributed by atoms with van der Waals surface area (Å²) >= 11 is 0. The second kappa shape index (κ2) is 49.7. The van der Waals surface area contributed by atoms with Crippen LogP contribution in [0.25, 0.3) is 0 Å². The van der Waals surface area contributed by atoms with Crippen molar-refractivity contribution in [2.24, 2.45) is 0 Å². The third-order valence-corrected chi connectivity index (χ3v) is 0. The van der Waals surface area contributed by atoms with Gasteiger partial charge in [-0.1, -0.05) is 0 Å². The fourth-order valence-corrected chi connectivity index (χ4v) is 0. The van der Waals surface area contributed by atoms with Crippen molar-refractivity contribution in [2.45, 2.75) is 0 Å². The molecule has 0 aliphatic heterocycles. The van der Waals surface area contributed by atoms with Crippen molar-refractivity contribution in [1.29, 1.82) is 0 Å². The van der Waals surface area contributed by atoms with Crippen LogP contribution in [0.2, 0.25) is 0 Å². The Morgan fingerprint density at radius 2 is 0.800 bits per heavy atom. The first-order valence-corrected chi connectivity index (χ1v) is 0. The summed E-state index contributed by atoms with van der Waals surface area (Å²) in [5.41, 5.74) is 0. The van der Waals surface area contributed by atoms with Gasteiger partial charge >= 0.3 is 40.1 Å². The van der Waals surface area contributed by atoms with E-state index in [1.54, 1.807) is 0 Å². The third kappa shape index (κ3) is 30.0. The molecule has 0 amide bonds. The Morgan fingerprint density at radius 1 is 0.800 bits per heavy atom. The van der Waals surface area contributed by atoms with Gasteiger partial charge in [0.15, 0.2) is 0 Å². The van der Waals surface area contributed by atoms with E-state index < -0.39 is 0 Å². The molecule has 0 spiro atoms. The molecule has 0 heterocycles. The molecule has 0 saturated carbocycles. The molecule has 0 aliphatic carbocycles. The van der Waals surface area contributed by atoms with E-state index in [9.17, 15) is 0 Å². The number of hydrogen-bond acceptors (Lipinski definition) is 0. The third-order valence-electron chi connectivity index (χ3n) is 0. The summed E-state index contributed by atoms with van der Waals surface area (Å²) in [4.78, 5) is 0. The van der Waals surface area contributed by atoms with E-state index in [1.807, 2.05) is 0 Å². The second-order valence-corrected chi connectivity index (χ2v) is 0. The average Bonchev–Trinajstić information content (AvgIpc) is 0. The molecule has 29 valence electrons. The Labute approximate surface area is 63.3 Å². The fourth-order valence-electron chi connectivity index (χ4n) is 0. The number of halogens is 1. The van der Waals surface area contributed by atoms with E-state index in [2.05, 4.69) is 0 Å². The van der Waals surface area contributed by atoms with Crippen LogP contribution >= 0.6 is 12.4 Å². The quantitative estimate of drug-likeness (QED) is 0.427. The van der Waals surface area contributed by atoms with Crippen molar-refractivity contribution in [3.63, 3.8) is 0 Å². The zero-order chi connectivity index (χ0) is 0. The fraction of sp³-hybridized carbons (Fsp3) is 0. The standard InChI is InChI=1S/ClH.Mg.Mn.2O/h1H;;;;/q;2*+2;2*-2. The first-order chi connectivity index (χ1) is 0. The van der Waals surface area contributed by atoms with Crippen molar-refractivity contribution < 1.29 is 28.0 Å². The smallest absolute Gasteiger partial charge is 2.00 e. The zero-order valence-corrected chi connectivity index (χ0v) is 5.72. The van der Waals surface area contributed by atoms with Gasteiger partial charge in [0.1, 0.15) is 0 Å². The van der Waals surface area contributed by atoms with Crippen molar-refractivity contribution in [3.05, 3.63) is 0 Å². The van der Waals surface area contributed by atoms with Gasteiger partial charge in [0.2, 0.25) is 0 Å². The van der Waals surface area contributed by atoms with Crippen LogP contribution in [0, 0.1) is 0 Å². The minimum absolute atomic E-state index is 0. The van der Waals surface area contributed by atoms with E-state index in [0.29, 0.717) is 0 Å². The van der Waals surface area contributed by atoms with E-state index in [-0.39, 0.29) is 63.5 Å². The molecule has 0 fully saturated rings. The van der Waals surface area contributed by atoms with Gasteiger partial charge in [0, 0.05) is 0 Å². The SMILES string of the molecule is Cl.[Mg+2].[Mn+2].[O-2].[O-2]. The van der Waals surface area contributed by atoms with Gasteiger partial charge in [-0.2, -0.15) is 0 Å². The molecule has 0 N–H and O–H groups in total. The molecule has 5 heavy (non-hydrogen) atoms. The zero-order valence-electron chi connectivity index (χ0n) is 2.31. The largest absolute Gasteiger partial charge is 2.00 e. The van der Waals surface area contributed by atoms with Crippen LogP contribution in [-0.4, -0.2) is 23.1 Å². The molecule has 1 radical (unpaired) electrons. The summed E-state index contributed by atoms with van der Waals surface area (Å²) in [7, 11) is 0. The molecule has 0 bridgehead atoms. The van der Waals surface area contributed by atoms with Crippen LogP contribution < -0.4 is 0 Å². The van der Waals surface area contributed by atoms with Crippen LogP contribution in [-0.2, 0) is 28.0 Å². The molecule has 0 aliphatic rings. The molecule has 5 heteroatoms. The molecule has 0 atom stereocenters. The van der Waals surface area contributed by atoms with Crippen LogP contribution in [0.4, 0.5) is 0 Å². The number of hydrogen-bond donors (Lipinski definition) is 0. The molecule has 0 unspecified atom stereocenters. The number of rotatable bonds is 0. The second-order valence-electron chi connectivity index (χ2n) is 0. The molecule has 2 nitrogen and oxygen atoms in total. The average molecular weight is 148 g/mol. The maximum absolute atomic E-state index is 0. The Balaban J connectivity index is 0. The summed E-state index contributed by atoms with van der Waals surface area (Å²) in [6.07, 6.45) is 0. The normalized spacial score (nSPS) is 0. The van der Waals surface area contributed by atoms with Gasteiger partial charge < -0.3 is 11.0 Å². The topological polar surface area (TPSA) is 57.0 Å². The molecular weight excluding hydrogens is 147 g/mol. The van der Waals surface area contributed by atoms with Gasteiger partial charge in [-0.25, -0.2) is 0 Å². The van der Waals surface area contributed by atoms with Gasteiger partial charge in [0.25, 0.3) is 0 Å². The van der Waals surface area contributed by atoms with Gasteiger partial charge in [0.05, 0.1) is 0 Å². The predicted octanol–water partition coefficient (Wildman–Crippen LogP) is -0.199. The predicted molar refractivity (Wildman–Crippen MR) is 14.4 cm³/mol. The monoisotopic (exact) mass is 147 g/mol. The van der Waals surface area contributed by atoms with Gasteiger partial charge in [-0.05, 0) is 0 Å². The minimum Gasteiger partial charge on any atom is -2.00 e. The van der Waals surface area contributed by atoms with Crippen LogP contribution in [0.1, 0.15) is 0 Å². The van der Waals surface area contributed by atoms with E-state index in [0.717, 1.165) is 0 Å². The Kier molecular flexibility index (Phi) is 871. The van der Waals surface area contributed by atoms with Crippen LogP contribution in [0.5, 0.6) is 0 Å². The van der Waals surface area contributed by atoms with Crippen molar-refractivity contribution in [1.82, 2.24) is 0 Å². The van der Waals surface area contributed by atoms with E-state index >= 15 is 0 Å². The van der Waals surface area contributed by atoms with Gasteiger partial charge in [-0.3, -0.25) is 0 Å². The van der Waals surface area contributed by atoms with Gasteiger partial charge in [-0.15, -0.1) is 12.4 Å². The summed E-state index contributed by atoms with van der Waals surface area (Å²) in [6, 6.07) is 0. The van der Waals surface area contributed by atoms with E-state index in [4.69, 9.17) is 0 Å².